The molecule has 12 heavy (non-hydrogen) atoms. The van der Waals surface area contributed by atoms with Crippen LogP contribution >= 0.6 is 12.2 Å². The maximum Gasteiger partial charge on any atom is 0.317 e. The summed E-state index contributed by atoms with van der Waals surface area (Å²) in [4.78, 5) is 25.9. The molecule has 0 radical (unpaired) electrons. The highest BCUT2D eigenvalue weighted by Crippen LogP contribution is 1.93. The molecular formula is C5H6N4O2S. The van der Waals surface area contributed by atoms with E-state index in [-0.39, 0.29) is 10.6 Å². The highest BCUT2D eigenvalue weighted by Gasteiger charge is 1.96. The molecule has 64 valence electrons. The number of anilines is 1. The van der Waals surface area contributed by atoms with Crippen molar-refractivity contribution in [1.82, 2.24) is 9.97 Å². The summed E-state index contributed by atoms with van der Waals surface area (Å²) in [5.41, 5.74) is 4.41. The van der Waals surface area contributed by atoms with Crippen molar-refractivity contribution >= 4 is 24.1 Å². The normalized spacial score (nSPS) is 9.33. The summed E-state index contributed by atoms with van der Waals surface area (Å²) in [5.74, 6) is 0.177. The minimum absolute atomic E-state index is 0.131. The average Bonchev–Trinajstić information content (AvgIpc) is 1.81. The van der Waals surface area contributed by atoms with Gasteiger partial charge in [0.1, 0.15) is 5.82 Å². The van der Waals surface area contributed by atoms with Gasteiger partial charge in [0.25, 0.3) is 5.56 Å². The molecule has 1 aromatic rings. The van der Waals surface area contributed by atoms with Gasteiger partial charge in [-0.25, -0.2) is 4.79 Å². The van der Waals surface area contributed by atoms with Crippen LogP contribution in [0, 0.1) is 4.77 Å². The van der Waals surface area contributed by atoms with Crippen LogP contribution < -0.4 is 16.6 Å². The van der Waals surface area contributed by atoms with Crippen molar-refractivity contribution < 1.29 is 4.79 Å². The van der Waals surface area contributed by atoms with Crippen LogP contribution in [0.3, 0.4) is 0 Å². The fourth-order valence-corrected chi connectivity index (χ4v) is 0.879. The van der Waals surface area contributed by atoms with E-state index in [1.54, 1.807) is 0 Å². The maximum absolute atomic E-state index is 10.8. The zero-order chi connectivity index (χ0) is 9.14. The molecule has 1 heterocycles. The molecule has 2 amide bonds. The Balaban J connectivity index is 3.09. The van der Waals surface area contributed by atoms with E-state index in [0.29, 0.717) is 0 Å². The summed E-state index contributed by atoms with van der Waals surface area (Å²) in [7, 11) is 0. The molecule has 7 heteroatoms. The van der Waals surface area contributed by atoms with Crippen molar-refractivity contribution in [2.24, 2.45) is 5.73 Å². The minimum atomic E-state index is -0.758. The Labute approximate surface area is 71.8 Å². The summed E-state index contributed by atoms with van der Waals surface area (Å²) >= 11 is 4.64. The molecule has 0 fully saturated rings. The number of nitrogens with two attached hydrogens (primary N) is 1. The van der Waals surface area contributed by atoms with E-state index in [1.165, 1.54) is 0 Å². The first-order valence-electron chi connectivity index (χ1n) is 2.98. The highest BCUT2D eigenvalue weighted by atomic mass is 32.1. The molecule has 6 nitrogen and oxygen atoms in total. The van der Waals surface area contributed by atoms with Gasteiger partial charge < -0.3 is 10.7 Å². The predicted octanol–water partition coefficient (Wildman–Crippen LogP) is -0.0769. The predicted molar refractivity (Wildman–Crippen MR) is 45.5 cm³/mol. The van der Waals surface area contributed by atoms with Crippen molar-refractivity contribution in [3.63, 3.8) is 0 Å². The van der Waals surface area contributed by atoms with Crippen molar-refractivity contribution in [1.29, 1.82) is 0 Å². The molecular weight excluding hydrogens is 180 g/mol. The van der Waals surface area contributed by atoms with Crippen molar-refractivity contribution in [3.05, 3.63) is 21.2 Å². The Kier molecular flexibility index (Phi) is 2.24. The molecule has 1 aromatic heterocycles. The third kappa shape index (κ3) is 2.20. The van der Waals surface area contributed by atoms with Crippen molar-refractivity contribution in [2.75, 3.05) is 5.32 Å². The Morgan fingerprint density at radius 1 is 1.58 bits per heavy atom. The quantitative estimate of drug-likeness (QED) is 0.461. The first-order chi connectivity index (χ1) is 5.58. The second kappa shape index (κ2) is 3.18. The summed E-state index contributed by atoms with van der Waals surface area (Å²) in [6.45, 7) is 0. The second-order valence-corrected chi connectivity index (χ2v) is 2.40. The number of carbonyl (C=O) groups is 1. The molecule has 0 unspecified atom stereocenters. The van der Waals surface area contributed by atoms with Crippen LogP contribution in [0.4, 0.5) is 10.6 Å². The Hall–Kier alpha value is -1.63. The van der Waals surface area contributed by atoms with E-state index in [0.717, 1.165) is 6.07 Å². The standard InChI is InChI=1S/C5H6N4O2S/c6-4(11)7-2-1-3(10)9-5(12)8-2/h1H,(H5,6,7,8,9,10,11,12). The zero-order valence-electron chi connectivity index (χ0n) is 5.88. The number of nitrogens with one attached hydrogen (secondary N) is 3. The molecule has 0 aliphatic carbocycles. The number of urea groups is 1. The van der Waals surface area contributed by atoms with Crippen LogP contribution in [0.15, 0.2) is 10.9 Å². The van der Waals surface area contributed by atoms with Crippen LogP contribution in [0.2, 0.25) is 0 Å². The lowest BCUT2D eigenvalue weighted by Crippen LogP contribution is -2.21. The van der Waals surface area contributed by atoms with Crippen molar-refractivity contribution in [2.45, 2.75) is 0 Å². The number of hydrogen-bond acceptors (Lipinski definition) is 3. The van der Waals surface area contributed by atoms with Crippen LogP contribution in [-0.2, 0) is 0 Å². The first-order valence-corrected chi connectivity index (χ1v) is 3.39. The monoisotopic (exact) mass is 186 g/mol. The van der Waals surface area contributed by atoms with Crippen LogP contribution in [0.25, 0.3) is 0 Å². The Morgan fingerprint density at radius 2 is 2.25 bits per heavy atom. The first kappa shape index (κ1) is 8.47. The summed E-state index contributed by atoms with van der Waals surface area (Å²) in [5, 5.41) is 2.18. The molecule has 0 aliphatic heterocycles. The van der Waals surface area contributed by atoms with Gasteiger partial charge in [0.05, 0.1) is 0 Å². The lowest BCUT2D eigenvalue weighted by atomic mass is 10.6. The highest BCUT2D eigenvalue weighted by molar-refractivity contribution is 7.71. The fourth-order valence-electron chi connectivity index (χ4n) is 0.669. The maximum atomic E-state index is 10.8. The van der Waals surface area contributed by atoms with Crippen LogP contribution in [0.5, 0.6) is 0 Å². The van der Waals surface area contributed by atoms with E-state index < -0.39 is 11.6 Å². The zero-order valence-corrected chi connectivity index (χ0v) is 6.70. The largest absolute Gasteiger partial charge is 0.351 e. The lowest BCUT2D eigenvalue weighted by Gasteiger charge is -1.98. The van der Waals surface area contributed by atoms with Crippen LogP contribution in [0.1, 0.15) is 0 Å². The van der Waals surface area contributed by atoms with Gasteiger partial charge in [0, 0.05) is 6.07 Å². The SMILES string of the molecule is NC(=O)Nc1cc(=O)[nH]c(=S)[nH]1. The molecule has 0 spiro atoms. The van der Waals surface area contributed by atoms with E-state index >= 15 is 0 Å². The van der Waals surface area contributed by atoms with Gasteiger partial charge in [-0.3, -0.25) is 15.1 Å². The summed E-state index contributed by atoms with van der Waals surface area (Å²) < 4.78 is 0.131. The third-order valence-corrected chi connectivity index (χ3v) is 1.22. The number of aromatic nitrogens is 2. The van der Waals surface area contributed by atoms with E-state index in [2.05, 4.69) is 27.5 Å². The summed E-state index contributed by atoms with van der Waals surface area (Å²) in [6.07, 6.45) is 0. The number of hydrogen-bond donors (Lipinski definition) is 4. The molecule has 0 saturated heterocycles. The number of aromatic amines is 2. The van der Waals surface area contributed by atoms with E-state index in [4.69, 9.17) is 5.73 Å². The minimum Gasteiger partial charge on any atom is -0.351 e. The van der Waals surface area contributed by atoms with Gasteiger partial charge in [-0.2, -0.15) is 0 Å². The number of amides is 2. The molecule has 0 aromatic carbocycles. The topological polar surface area (TPSA) is 104 Å². The van der Waals surface area contributed by atoms with Gasteiger partial charge in [0.15, 0.2) is 4.77 Å². The number of primary amides is 1. The fraction of sp³-hybridized carbons (Fsp3) is 0. The number of H-pyrrole nitrogens is 2. The van der Waals surface area contributed by atoms with Gasteiger partial charge in [-0.05, 0) is 12.2 Å². The van der Waals surface area contributed by atoms with Gasteiger partial charge in [-0.1, -0.05) is 0 Å². The molecule has 0 bridgehead atoms. The second-order valence-electron chi connectivity index (χ2n) is 1.99. The van der Waals surface area contributed by atoms with Crippen LogP contribution in [-0.4, -0.2) is 16.0 Å². The number of carbonyl (C=O) groups excluding carboxylic acids is 1. The Morgan fingerprint density at radius 3 is 2.75 bits per heavy atom. The summed E-state index contributed by atoms with van der Waals surface area (Å²) in [6, 6.07) is 0.381. The number of rotatable bonds is 1. The van der Waals surface area contributed by atoms with E-state index in [9.17, 15) is 9.59 Å². The van der Waals surface area contributed by atoms with Gasteiger partial charge >= 0.3 is 6.03 Å². The van der Waals surface area contributed by atoms with Gasteiger partial charge in [0.2, 0.25) is 0 Å². The smallest absolute Gasteiger partial charge is 0.317 e. The third-order valence-electron chi connectivity index (χ3n) is 1.02. The molecule has 1 rings (SSSR count). The Bertz CT molecular complexity index is 378. The lowest BCUT2D eigenvalue weighted by molar-refractivity contribution is 0.259. The molecule has 0 atom stereocenters. The van der Waals surface area contributed by atoms with Gasteiger partial charge in [-0.15, -0.1) is 0 Å². The van der Waals surface area contributed by atoms with E-state index in [1.807, 2.05) is 0 Å². The molecule has 5 N–H and O–H groups in total. The molecule has 0 aliphatic rings. The average molecular weight is 186 g/mol. The molecule has 0 saturated carbocycles. The van der Waals surface area contributed by atoms with Crippen molar-refractivity contribution in [3.8, 4) is 0 Å².